The number of rotatable bonds is 7. The maximum atomic E-state index is 5.83. The van der Waals surface area contributed by atoms with E-state index in [-0.39, 0.29) is 0 Å². The Bertz CT molecular complexity index is 818. The Morgan fingerprint density at radius 2 is 1.64 bits per heavy atom. The summed E-state index contributed by atoms with van der Waals surface area (Å²) >= 11 is 6.81. The third kappa shape index (κ3) is 5.76. The van der Waals surface area contributed by atoms with E-state index in [1.165, 1.54) is 10.8 Å². The molecule has 4 heteroatoms. The lowest BCUT2D eigenvalue weighted by Gasteiger charge is -2.08. The molecule has 0 N–H and O–H groups in total. The van der Waals surface area contributed by atoms with Crippen molar-refractivity contribution in [2.24, 2.45) is 0 Å². The van der Waals surface area contributed by atoms with Gasteiger partial charge in [-0.3, -0.25) is 0 Å². The highest BCUT2D eigenvalue weighted by atomic mass is 32.2. The monoisotopic (exact) mass is 368 g/mol. The molecule has 0 spiro atoms. The molecule has 3 aromatic carbocycles. The molecule has 128 valence electrons. The van der Waals surface area contributed by atoms with E-state index in [2.05, 4.69) is 24.3 Å². The van der Waals surface area contributed by atoms with Gasteiger partial charge in [-0.15, -0.1) is 0 Å². The van der Waals surface area contributed by atoms with E-state index in [4.69, 9.17) is 21.7 Å². The molecular weight excluding hydrogens is 348 g/mol. The lowest BCUT2D eigenvalue weighted by atomic mass is 10.1. The van der Waals surface area contributed by atoms with Crippen molar-refractivity contribution in [2.75, 3.05) is 12.4 Å². The van der Waals surface area contributed by atoms with Gasteiger partial charge >= 0.3 is 0 Å². The molecule has 0 unspecified atom stereocenters. The van der Waals surface area contributed by atoms with Crippen LogP contribution in [0.1, 0.15) is 12.0 Å². The minimum Gasteiger partial charge on any atom is -0.494 e. The zero-order valence-electron chi connectivity index (χ0n) is 13.9. The summed E-state index contributed by atoms with van der Waals surface area (Å²) in [4.78, 5) is 0. The van der Waals surface area contributed by atoms with Gasteiger partial charge in [0.25, 0.3) is 0 Å². The van der Waals surface area contributed by atoms with Crippen LogP contribution in [0.2, 0.25) is 0 Å². The van der Waals surface area contributed by atoms with Gasteiger partial charge in [-0.2, -0.15) is 0 Å². The first-order valence-corrected chi connectivity index (χ1v) is 9.66. The predicted octanol–water partition coefficient (Wildman–Crippen LogP) is 5.84. The Kier molecular flexibility index (Phi) is 6.71. The SMILES string of the molecule is S=C(OCc1ccccc1)SCCCOc1ccc2ccccc2c1. The predicted molar refractivity (Wildman–Crippen MR) is 110 cm³/mol. The molecule has 0 aliphatic carbocycles. The smallest absolute Gasteiger partial charge is 0.220 e. The van der Waals surface area contributed by atoms with Gasteiger partial charge in [0.1, 0.15) is 12.4 Å². The Balaban J connectivity index is 1.33. The van der Waals surface area contributed by atoms with Crippen molar-refractivity contribution >= 4 is 39.1 Å². The number of hydrogen-bond donors (Lipinski definition) is 0. The molecule has 0 heterocycles. The molecule has 0 aliphatic rings. The summed E-state index contributed by atoms with van der Waals surface area (Å²) in [5, 5.41) is 2.43. The molecule has 3 aromatic rings. The van der Waals surface area contributed by atoms with Crippen LogP contribution in [0.15, 0.2) is 72.8 Å². The Morgan fingerprint density at radius 1 is 0.880 bits per heavy atom. The third-order valence-electron chi connectivity index (χ3n) is 3.70. The summed E-state index contributed by atoms with van der Waals surface area (Å²) in [6.45, 7) is 1.20. The summed E-state index contributed by atoms with van der Waals surface area (Å²) in [5.41, 5.74) is 1.13. The molecule has 0 aliphatic heterocycles. The van der Waals surface area contributed by atoms with Gasteiger partial charge < -0.3 is 9.47 Å². The van der Waals surface area contributed by atoms with Gasteiger partial charge in [-0.25, -0.2) is 0 Å². The van der Waals surface area contributed by atoms with Crippen LogP contribution in [-0.2, 0) is 11.3 Å². The van der Waals surface area contributed by atoms with E-state index in [9.17, 15) is 0 Å². The summed E-state index contributed by atoms with van der Waals surface area (Å²) in [6.07, 6.45) is 0.923. The van der Waals surface area contributed by atoms with E-state index in [1.54, 1.807) is 11.8 Å². The number of benzene rings is 3. The van der Waals surface area contributed by atoms with Gasteiger partial charge in [0.15, 0.2) is 0 Å². The van der Waals surface area contributed by atoms with Crippen molar-refractivity contribution in [3.05, 3.63) is 78.4 Å². The van der Waals surface area contributed by atoms with Crippen LogP contribution in [0.3, 0.4) is 0 Å². The second-order valence-electron chi connectivity index (χ2n) is 5.58. The van der Waals surface area contributed by atoms with Crippen molar-refractivity contribution in [2.45, 2.75) is 13.0 Å². The molecule has 0 fully saturated rings. The van der Waals surface area contributed by atoms with Crippen molar-refractivity contribution in [1.29, 1.82) is 0 Å². The van der Waals surface area contributed by atoms with E-state index >= 15 is 0 Å². The minimum atomic E-state index is 0.528. The summed E-state index contributed by atoms with van der Waals surface area (Å²) in [6, 6.07) is 24.5. The number of fused-ring (bicyclic) bond motifs is 1. The van der Waals surface area contributed by atoms with Gasteiger partial charge in [-0.05, 0) is 47.1 Å². The van der Waals surface area contributed by atoms with Crippen molar-refractivity contribution < 1.29 is 9.47 Å². The highest BCUT2D eigenvalue weighted by Gasteiger charge is 2.01. The fourth-order valence-corrected chi connectivity index (χ4v) is 3.30. The zero-order valence-corrected chi connectivity index (χ0v) is 15.5. The van der Waals surface area contributed by atoms with Crippen LogP contribution >= 0.6 is 24.0 Å². The number of ether oxygens (including phenoxy) is 2. The first kappa shape index (κ1) is 17.8. The van der Waals surface area contributed by atoms with Gasteiger partial charge in [0.2, 0.25) is 4.38 Å². The first-order chi connectivity index (χ1) is 12.3. The molecule has 0 amide bonds. The number of hydrogen-bond acceptors (Lipinski definition) is 4. The lowest BCUT2D eigenvalue weighted by molar-refractivity contribution is 0.309. The topological polar surface area (TPSA) is 18.5 Å². The Hall–Kier alpha value is -2.04. The molecular formula is C21H20O2S2. The van der Waals surface area contributed by atoms with Crippen molar-refractivity contribution in [3.8, 4) is 5.75 Å². The van der Waals surface area contributed by atoms with Crippen LogP contribution < -0.4 is 4.74 Å². The normalized spacial score (nSPS) is 10.6. The largest absolute Gasteiger partial charge is 0.494 e. The van der Waals surface area contributed by atoms with Gasteiger partial charge in [-0.1, -0.05) is 72.4 Å². The van der Waals surface area contributed by atoms with Crippen molar-refractivity contribution in [3.63, 3.8) is 0 Å². The molecule has 2 nitrogen and oxygen atoms in total. The maximum Gasteiger partial charge on any atom is 0.220 e. The third-order valence-corrected chi connectivity index (χ3v) is 5.02. The average molecular weight is 369 g/mol. The average Bonchev–Trinajstić information content (AvgIpc) is 2.67. The number of thioether (sulfide) groups is 1. The van der Waals surface area contributed by atoms with E-state index in [0.717, 1.165) is 23.5 Å². The quantitative estimate of drug-likeness (QED) is 0.385. The summed E-state index contributed by atoms with van der Waals surface area (Å²) in [5.74, 6) is 1.80. The highest BCUT2D eigenvalue weighted by molar-refractivity contribution is 8.22. The van der Waals surface area contributed by atoms with Crippen LogP contribution in [0.4, 0.5) is 0 Å². The molecule has 0 saturated heterocycles. The molecule has 0 radical (unpaired) electrons. The second-order valence-corrected chi connectivity index (χ2v) is 7.28. The first-order valence-electron chi connectivity index (χ1n) is 8.26. The Morgan fingerprint density at radius 3 is 2.48 bits per heavy atom. The molecule has 25 heavy (non-hydrogen) atoms. The minimum absolute atomic E-state index is 0.528. The molecule has 0 aromatic heterocycles. The molecule has 0 saturated carbocycles. The van der Waals surface area contributed by atoms with Crippen LogP contribution in [0.5, 0.6) is 5.75 Å². The Labute approximate surface area is 158 Å². The maximum absolute atomic E-state index is 5.83. The fraction of sp³-hybridized carbons (Fsp3) is 0.190. The molecule has 0 atom stereocenters. The van der Waals surface area contributed by atoms with E-state index in [1.807, 2.05) is 48.5 Å². The van der Waals surface area contributed by atoms with Crippen LogP contribution in [0.25, 0.3) is 10.8 Å². The lowest BCUT2D eigenvalue weighted by Crippen LogP contribution is -2.02. The van der Waals surface area contributed by atoms with Crippen LogP contribution in [0, 0.1) is 0 Å². The molecule has 3 rings (SSSR count). The highest BCUT2D eigenvalue weighted by Crippen LogP contribution is 2.21. The second kappa shape index (κ2) is 9.44. The van der Waals surface area contributed by atoms with Crippen molar-refractivity contribution in [1.82, 2.24) is 0 Å². The van der Waals surface area contributed by atoms with Gasteiger partial charge in [0, 0.05) is 5.75 Å². The van der Waals surface area contributed by atoms with Gasteiger partial charge in [0.05, 0.1) is 6.61 Å². The zero-order chi connectivity index (χ0) is 17.3. The number of thiocarbonyl (C=S) groups is 1. The summed E-state index contributed by atoms with van der Waals surface area (Å²) < 4.78 is 12.0. The van der Waals surface area contributed by atoms with Crippen LogP contribution in [-0.4, -0.2) is 16.7 Å². The van der Waals surface area contributed by atoms with E-state index in [0.29, 0.717) is 17.6 Å². The standard InChI is InChI=1S/C21H20O2S2/c24-21(23-16-17-7-2-1-3-8-17)25-14-6-13-22-20-12-11-18-9-4-5-10-19(18)15-20/h1-5,7-12,15H,6,13-14,16H2. The molecule has 0 bridgehead atoms. The summed E-state index contributed by atoms with van der Waals surface area (Å²) in [7, 11) is 0. The fourth-order valence-electron chi connectivity index (χ4n) is 2.42. The van der Waals surface area contributed by atoms with E-state index < -0.39 is 0 Å².